The van der Waals surface area contributed by atoms with Crippen LogP contribution in [0.4, 0.5) is 0 Å². The third-order valence-electron chi connectivity index (χ3n) is 5.01. The van der Waals surface area contributed by atoms with Gasteiger partial charge in [-0.05, 0) is 49.8 Å². The number of benzene rings is 2. The normalized spacial score (nSPS) is 11.2. The molecule has 0 atom stereocenters. The van der Waals surface area contributed by atoms with E-state index in [9.17, 15) is 10.1 Å². The van der Waals surface area contributed by atoms with Crippen LogP contribution in [0, 0.1) is 11.3 Å². The zero-order valence-corrected chi connectivity index (χ0v) is 17.9. The van der Waals surface area contributed by atoms with Gasteiger partial charge in [0, 0.05) is 23.2 Å². The predicted molar refractivity (Wildman–Crippen MR) is 124 cm³/mol. The zero-order valence-electron chi connectivity index (χ0n) is 17.9. The number of carbonyl (C=O) groups excluding carboxylic acids is 1. The quantitative estimate of drug-likeness (QED) is 0.388. The van der Waals surface area contributed by atoms with Crippen molar-refractivity contribution in [1.82, 2.24) is 14.8 Å². The van der Waals surface area contributed by atoms with Crippen LogP contribution in [0.1, 0.15) is 41.5 Å². The molecule has 158 valence electrons. The highest BCUT2D eigenvalue weighted by atomic mass is 16.5. The fourth-order valence-electron chi connectivity index (χ4n) is 3.45. The molecule has 6 heteroatoms. The number of rotatable bonds is 6. The van der Waals surface area contributed by atoms with E-state index >= 15 is 0 Å². The molecular weight excluding hydrogens is 400 g/mol. The fourth-order valence-corrected chi connectivity index (χ4v) is 3.45. The summed E-state index contributed by atoms with van der Waals surface area (Å²) >= 11 is 0. The van der Waals surface area contributed by atoms with E-state index in [1.807, 2.05) is 73.1 Å². The van der Waals surface area contributed by atoms with Gasteiger partial charge in [0.2, 0.25) is 0 Å². The maximum absolute atomic E-state index is 12.5. The van der Waals surface area contributed by atoms with E-state index in [0.717, 1.165) is 22.0 Å². The summed E-state index contributed by atoms with van der Waals surface area (Å²) in [5.74, 6) is -0.419. The number of ether oxygens (including phenoxy) is 1. The molecule has 2 heterocycles. The van der Waals surface area contributed by atoms with Gasteiger partial charge in [-0.25, -0.2) is 4.79 Å². The summed E-state index contributed by atoms with van der Waals surface area (Å²) in [5, 5.41) is 14.6. The van der Waals surface area contributed by atoms with Gasteiger partial charge < -0.3 is 4.74 Å². The van der Waals surface area contributed by atoms with Crippen LogP contribution in [0.2, 0.25) is 0 Å². The van der Waals surface area contributed by atoms with Crippen LogP contribution in [0.5, 0.6) is 0 Å². The molecule has 2 aromatic carbocycles. The molecule has 4 rings (SSSR count). The van der Waals surface area contributed by atoms with Crippen LogP contribution in [0.25, 0.3) is 28.2 Å². The molecule has 0 aliphatic carbocycles. The number of aromatic nitrogens is 3. The molecule has 0 unspecified atom stereocenters. The van der Waals surface area contributed by atoms with Gasteiger partial charge in [0.05, 0.1) is 16.8 Å². The Balaban J connectivity index is 1.53. The summed E-state index contributed by atoms with van der Waals surface area (Å²) in [7, 11) is 0. The van der Waals surface area contributed by atoms with Crippen molar-refractivity contribution in [3.05, 3.63) is 89.8 Å². The van der Waals surface area contributed by atoms with E-state index in [1.165, 1.54) is 0 Å². The Kier molecular flexibility index (Phi) is 6.09. The lowest BCUT2D eigenvalue weighted by Gasteiger charge is -2.08. The van der Waals surface area contributed by atoms with Gasteiger partial charge in [0.1, 0.15) is 12.7 Å². The molecule has 0 spiro atoms. The van der Waals surface area contributed by atoms with Crippen LogP contribution in [-0.4, -0.2) is 27.3 Å². The number of esters is 1. The summed E-state index contributed by atoms with van der Waals surface area (Å²) in [4.78, 5) is 16.9. The highest BCUT2D eigenvalue weighted by Gasteiger charge is 2.15. The molecule has 0 aliphatic rings. The first kappa shape index (κ1) is 21.0. The van der Waals surface area contributed by atoms with Crippen molar-refractivity contribution in [3.8, 4) is 17.3 Å². The number of carbonyl (C=O) groups is 1. The van der Waals surface area contributed by atoms with E-state index in [4.69, 9.17) is 4.74 Å². The van der Waals surface area contributed by atoms with E-state index in [2.05, 4.69) is 16.2 Å². The molecule has 0 radical (unpaired) electrons. The van der Waals surface area contributed by atoms with E-state index in [0.29, 0.717) is 17.0 Å². The molecule has 0 bridgehead atoms. The summed E-state index contributed by atoms with van der Waals surface area (Å²) in [6.07, 6.45) is 5.29. The number of hydrogen-bond donors (Lipinski definition) is 0. The summed E-state index contributed by atoms with van der Waals surface area (Å²) in [5.41, 5.74) is 4.15. The molecule has 0 saturated carbocycles. The lowest BCUT2D eigenvalue weighted by molar-refractivity contribution is 0.0550. The predicted octanol–water partition coefficient (Wildman–Crippen LogP) is 5.42. The number of pyridine rings is 1. The number of hydrogen-bond acceptors (Lipinski definition) is 5. The van der Waals surface area contributed by atoms with Gasteiger partial charge in [0.25, 0.3) is 0 Å². The minimum absolute atomic E-state index is 0.137. The zero-order chi connectivity index (χ0) is 22.5. The highest BCUT2D eigenvalue weighted by molar-refractivity contribution is 5.92. The van der Waals surface area contributed by atoms with Gasteiger partial charge in [-0.15, -0.1) is 0 Å². The molecule has 0 amide bonds. The van der Waals surface area contributed by atoms with E-state index in [1.54, 1.807) is 24.4 Å². The van der Waals surface area contributed by atoms with Crippen LogP contribution < -0.4 is 0 Å². The van der Waals surface area contributed by atoms with E-state index < -0.39 is 5.97 Å². The molecule has 0 saturated heterocycles. The molecule has 2 aromatic heterocycles. The van der Waals surface area contributed by atoms with Crippen molar-refractivity contribution in [1.29, 1.82) is 5.26 Å². The Morgan fingerprint density at radius 2 is 1.97 bits per heavy atom. The first-order valence-corrected chi connectivity index (χ1v) is 10.3. The van der Waals surface area contributed by atoms with Gasteiger partial charge in [-0.1, -0.05) is 42.5 Å². The molecule has 6 nitrogen and oxygen atoms in total. The second kappa shape index (κ2) is 9.27. The smallest absolute Gasteiger partial charge is 0.338 e. The van der Waals surface area contributed by atoms with Crippen LogP contribution in [-0.2, 0) is 4.74 Å². The van der Waals surface area contributed by atoms with Crippen molar-refractivity contribution in [3.63, 3.8) is 0 Å². The largest absolute Gasteiger partial charge is 0.458 e. The SMILES string of the molecule is CC(C)n1nc(C#N)c2cc(-c3cc(C(=O)OC/C=C/c4ccccc4)ccn3)ccc21. The minimum atomic E-state index is -0.419. The van der Waals surface area contributed by atoms with Gasteiger partial charge >= 0.3 is 5.97 Å². The molecular formula is C26H22N4O2. The Bertz CT molecular complexity index is 1330. The second-order valence-electron chi connectivity index (χ2n) is 7.57. The maximum atomic E-state index is 12.5. The molecule has 0 fully saturated rings. The maximum Gasteiger partial charge on any atom is 0.338 e. The molecule has 0 aliphatic heterocycles. The number of nitriles is 1. The molecule has 32 heavy (non-hydrogen) atoms. The fraction of sp³-hybridized carbons (Fsp3) is 0.154. The standard InChI is InChI=1S/C26H22N4O2/c1-18(2)30-25-11-10-20(15-22(25)24(17-27)29-30)23-16-21(12-13-28-23)26(31)32-14-6-9-19-7-4-3-5-8-19/h3-13,15-16,18H,14H2,1-2H3/b9-6+. The Hall–Kier alpha value is -4.24. The minimum Gasteiger partial charge on any atom is -0.458 e. The summed E-state index contributed by atoms with van der Waals surface area (Å²) in [6.45, 7) is 4.22. The monoisotopic (exact) mass is 422 g/mol. The van der Waals surface area contributed by atoms with Crippen molar-refractivity contribution in [2.45, 2.75) is 19.9 Å². The van der Waals surface area contributed by atoms with Gasteiger partial charge in [0.15, 0.2) is 5.69 Å². The van der Waals surface area contributed by atoms with Crippen molar-refractivity contribution in [2.24, 2.45) is 0 Å². The first-order valence-electron chi connectivity index (χ1n) is 10.3. The van der Waals surface area contributed by atoms with Crippen LogP contribution in [0.15, 0.2) is 72.9 Å². The Labute approximate surface area is 186 Å². The first-order chi connectivity index (χ1) is 15.6. The van der Waals surface area contributed by atoms with Crippen molar-refractivity contribution in [2.75, 3.05) is 6.61 Å². The van der Waals surface area contributed by atoms with Crippen molar-refractivity contribution >= 4 is 22.9 Å². The lowest BCUT2D eigenvalue weighted by Crippen LogP contribution is -2.05. The van der Waals surface area contributed by atoms with Gasteiger partial charge in [-0.2, -0.15) is 10.4 Å². The lowest BCUT2D eigenvalue weighted by atomic mass is 10.1. The molecule has 4 aromatic rings. The number of nitrogens with zero attached hydrogens (tertiary/aromatic N) is 4. The molecule has 0 N–H and O–H groups in total. The third-order valence-corrected chi connectivity index (χ3v) is 5.01. The summed E-state index contributed by atoms with van der Waals surface area (Å²) < 4.78 is 7.20. The van der Waals surface area contributed by atoms with Gasteiger partial charge in [-0.3, -0.25) is 9.67 Å². The average molecular weight is 422 g/mol. The summed E-state index contributed by atoms with van der Waals surface area (Å²) in [6, 6.07) is 21.2. The third kappa shape index (κ3) is 4.42. The Morgan fingerprint density at radius 1 is 1.16 bits per heavy atom. The van der Waals surface area contributed by atoms with Crippen LogP contribution in [0.3, 0.4) is 0 Å². The highest BCUT2D eigenvalue weighted by Crippen LogP contribution is 2.27. The topological polar surface area (TPSA) is 80.8 Å². The van der Waals surface area contributed by atoms with E-state index in [-0.39, 0.29) is 12.6 Å². The van der Waals surface area contributed by atoms with Crippen molar-refractivity contribution < 1.29 is 9.53 Å². The average Bonchev–Trinajstić information content (AvgIpc) is 3.21. The van der Waals surface area contributed by atoms with Crippen LogP contribution >= 0.6 is 0 Å². The number of fused-ring (bicyclic) bond motifs is 1. The second-order valence-corrected chi connectivity index (χ2v) is 7.57. The Morgan fingerprint density at radius 3 is 2.72 bits per heavy atom.